The van der Waals surface area contributed by atoms with E-state index in [-0.39, 0.29) is 24.2 Å². The molecule has 0 unspecified atom stereocenters. The molecule has 1 amide bonds. The zero-order valence-electron chi connectivity index (χ0n) is 13.1. The van der Waals surface area contributed by atoms with Crippen molar-refractivity contribution < 1.29 is 9.18 Å². The fourth-order valence-electron chi connectivity index (χ4n) is 2.42. The molecule has 1 atom stereocenters. The largest absolute Gasteiger partial charge is 0.274 e. The maximum Gasteiger partial charge on any atom is 0.237 e. The maximum atomic E-state index is 13.9. The number of aliphatic imine (C=N–C) groups is 1. The minimum atomic E-state index is -0.378. The van der Waals surface area contributed by atoms with Gasteiger partial charge in [0.1, 0.15) is 5.82 Å². The van der Waals surface area contributed by atoms with E-state index in [0.29, 0.717) is 21.4 Å². The molecule has 0 aromatic heterocycles. The Morgan fingerprint density at radius 3 is 2.62 bits per heavy atom. The molecule has 0 saturated carbocycles. The Balaban J connectivity index is 1.92. The molecular formula is C18H16ClFN2OS. The molecule has 0 fully saturated rings. The highest BCUT2D eigenvalue weighted by Gasteiger charge is 2.27. The van der Waals surface area contributed by atoms with Crippen LogP contribution in [0.3, 0.4) is 0 Å². The number of halogens is 2. The van der Waals surface area contributed by atoms with Gasteiger partial charge in [0.2, 0.25) is 5.91 Å². The standard InChI is InChI=1S/C18H16ClFN2OS/c1-12-11-24-18(21-12)22(15-8-6-14(19)7-9-15)17(23)10-13-4-2-3-5-16(13)20/h2-9,12H,10-11H2,1H3/t12-/m0/s1. The topological polar surface area (TPSA) is 32.7 Å². The van der Waals surface area contributed by atoms with Crippen LogP contribution in [0, 0.1) is 5.82 Å². The van der Waals surface area contributed by atoms with Crippen LogP contribution in [-0.4, -0.2) is 22.9 Å². The highest BCUT2D eigenvalue weighted by Crippen LogP contribution is 2.27. The van der Waals surface area contributed by atoms with Crippen molar-refractivity contribution in [1.29, 1.82) is 0 Å². The van der Waals surface area contributed by atoms with Crippen molar-refractivity contribution in [3.05, 3.63) is 64.9 Å². The Kier molecular flexibility index (Phi) is 5.21. The van der Waals surface area contributed by atoms with Crippen LogP contribution >= 0.6 is 23.4 Å². The van der Waals surface area contributed by atoms with Gasteiger partial charge in [0.05, 0.1) is 18.2 Å². The number of anilines is 1. The summed E-state index contributed by atoms with van der Waals surface area (Å²) in [5.74, 6) is 0.228. The number of carbonyl (C=O) groups excluding carboxylic acids is 1. The summed E-state index contributed by atoms with van der Waals surface area (Å²) in [6.07, 6.45) is -0.0245. The van der Waals surface area contributed by atoms with Crippen LogP contribution in [0.5, 0.6) is 0 Å². The fraction of sp³-hybridized carbons (Fsp3) is 0.222. The predicted octanol–water partition coefficient (Wildman–Crippen LogP) is 4.55. The van der Waals surface area contributed by atoms with Crippen molar-refractivity contribution in [3.8, 4) is 0 Å². The molecule has 124 valence electrons. The summed E-state index contributed by atoms with van der Waals surface area (Å²) in [4.78, 5) is 19.0. The molecule has 0 N–H and O–H groups in total. The SMILES string of the molecule is C[C@H]1CSC(N(C(=O)Cc2ccccc2F)c2ccc(Cl)cc2)=N1. The third kappa shape index (κ3) is 3.79. The molecule has 1 aliphatic heterocycles. The summed E-state index contributed by atoms with van der Waals surface area (Å²) >= 11 is 7.47. The number of amides is 1. The summed E-state index contributed by atoms with van der Waals surface area (Å²) in [7, 11) is 0. The molecule has 0 bridgehead atoms. The monoisotopic (exact) mass is 362 g/mol. The van der Waals surface area contributed by atoms with Crippen LogP contribution in [0.1, 0.15) is 12.5 Å². The smallest absolute Gasteiger partial charge is 0.237 e. The van der Waals surface area contributed by atoms with Crippen molar-refractivity contribution in [2.24, 2.45) is 4.99 Å². The number of benzene rings is 2. The maximum absolute atomic E-state index is 13.9. The molecule has 0 saturated heterocycles. The predicted molar refractivity (Wildman–Crippen MR) is 98.4 cm³/mol. The average Bonchev–Trinajstić information content (AvgIpc) is 2.98. The first-order valence-electron chi connectivity index (χ1n) is 7.57. The Morgan fingerprint density at radius 2 is 2.00 bits per heavy atom. The van der Waals surface area contributed by atoms with Crippen LogP contribution < -0.4 is 4.90 Å². The minimum Gasteiger partial charge on any atom is -0.274 e. The van der Waals surface area contributed by atoms with E-state index >= 15 is 0 Å². The van der Waals surface area contributed by atoms with Gasteiger partial charge in [-0.15, -0.1) is 0 Å². The quantitative estimate of drug-likeness (QED) is 0.802. The lowest BCUT2D eigenvalue weighted by molar-refractivity contribution is -0.117. The summed E-state index contributed by atoms with van der Waals surface area (Å²) in [5.41, 5.74) is 1.05. The number of amidine groups is 1. The molecule has 2 aromatic rings. The summed E-state index contributed by atoms with van der Waals surface area (Å²) in [6, 6.07) is 13.5. The number of carbonyl (C=O) groups is 1. The lowest BCUT2D eigenvalue weighted by Crippen LogP contribution is -2.36. The van der Waals surface area contributed by atoms with E-state index in [9.17, 15) is 9.18 Å². The van der Waals surface area contributed by atoms with Crippen LogP contribution in [-0.2, 0) is 11.2 Å². The Labute approximate surface area is 149 Å². The van der Waals surface area contributed by atoms with E-state index in [2.05, 4.69) is 4.99 Å². The molecule has 0 radical (unpaired) electrons. The van der Waals surface area contributed by atoms with Crippen LogP contribution in [0.25, 0.3) is 0 Å². The van der Waals surface area contributed by atoms with Crippen LogP contribution in [0.15, 0.2) is 53.5 Å². The van der Waals surface area contributed by atoms with Gasteiger partial charge in [-0.05, 0) is 42.8 Å². The number of thioether (sulfide) groups is 1. The molecular weight excluding hydrogens is 347 g/mol. The van der Waals surface area contributed by atoms with Crippen molar-refractivity contribution in [2.45, 2.75) is 19.4 Å². The zero-order valence-corrected chi connectivity index (χ0v) is 14.6. The molecule has 6 heteroatoms. The molecule has 0 aliphatic carbocycles. The molecule has 24 heavy (non-hydrogen) atoms. The highest BCUT2D eigenvalue weighted by atomic mass is 35.5. The first-order chi connectivity index (χ1) is 11.5. The van der Waals surface area contributed by atoms with Crippen molar-refractivity contribution in [2.75, 3.05) is 10.7 Å². The van der Waals surface area contributed by atoms with Crippen molar-refractivity contribution >= 4 is 40.1 Å². The molecule has 1 aliphatic rings. The van der Waals surface area contributed by atoms with E-state index in [1.165, 1.54) is 17.8 Å². The number of rotatable bonds is 3. The summed E-state index contributed by atoms with van der Waals surface area (Å²) in [6.45, 7) is 2.00. The van der Waals surface area contributed by atoms with Gasteiger partial charge in [0.15, 0.2) is 5.17 Å². The van der Waals surface area contributed by atoms with Crippen molar-refractivity contribution in [3.63, 3.8) is 0 Å². The van der Waals surface area contributed by atoms with Crippen LogP contribution in [0.2, 0.25) is 5.02 Å². The normalized spacial score (nSPS) is 16.8. The lowest BCUT2D eigenvalue weighted by atomic mass is 10.1. The van der Waals surface area contributed by atoms with Gasteiger partial charge in [0, 0.05) is 10.8 Å². The number of hydrogen-bond donors (Lipinski definition) is 0. The molecule has 2 aromatic carbocycles. The lowest BCUT2D eigenvalue weighted by Gasteiger charge is -2.22. The molecule has 3 nitrogen and oxygen atoms in total. The molecule has 1 heterocycles. The summed E-state index contributed by atoms with van der Waals surface area (Å²) in [5, 5.41) is 1.24. The average molecular weight is 363 g/mol. The minimum absolute atomic E-state index is 0.0245. The Morgan fingerprint density at radius 1 is 1.29 bits per heavy atom. The van der Waals surface area contributed by atoms with E-state index in [4.69, 9.17) is 11.6 Å². The fourth-order valence-corrected chi connectivity index (χ4v) is 3.60. The third-order valence-electron chi connectivity index (χ3n) is 3.61. The molecule has 0 spiro atoms. The first kappa shape index (κ1) is 17.0. The second-order valence-electron chi connectivity index (χ2n) is 5.55. The second-order valence-corrected chi connectivity index (χ2v) is 6.97. The third-order valence-corrected chi connectivity index (χ3v) is 5.06. The zero-order chi connectivity index (χ0) is 17.1. The first-order valence-corrected chi connectivity index (χ1v) is 8.93. The van der Waals surface area contributed by atoms with Crippen LogP contribution in [0.4, 0.5) is 10.1 Å². The number of hydrogen-bond acceptors (Lipinski definition) is 3. The Bertz CT molecular complexity index is 779. The van der Waals surface area contributed by atoms with Gasteiger partial charge in [-0.25, -0.2) is 4.39 Å². The van der Waals surface area contributed by atoms with E-state index in [1.807, 2.05) is 6.92 Å². The summed E-state index contributed by atoms with van der Waals surface area (Å²) < 4.78 is 13.9. The highest BCUT2D eigenvalue weighted by molar-refractivity contribution is 8.14. The van der Waals surface area contributed by atoms with Gasteiger partial charge in [-0.2, -0.15) is 0 Å². The number of nitrogens with zero attached hydrogens (tertiary/aromatic N) is 2. The van der Waals surface area contributed by atoms with Gasteiger partial charge < -0.3 is 0 Å². The van der Waals surface area contributed by atoms with Crippen molar-refractivity contribution in [1.82, 2.24) is 0 Å². The van der Waals surface area contributed by atoms with Gasteiger partial charge >= 0.3 is 0 Å². The Hall–Kier alpha value is -1.85. The van der Waals surface area contributed by atoms with E-state index in [0.717, 1.165) is 5.75 Å². The van der Waals surface area contributed by atoms with E-state index in [1.54, 1.807) is 47.4 Å². The van der Waals surface area contributed by atoms with Gasteiger partial charge in [-0.1, -0.05) is 41.6 Å². The van der Waals surface area contributed by atoms with E-state index < -0.39 is 0 Å². The molecule has 3 rings (SSSR count). The second kappa shape index (κ2) is 7.36. The van der Waals surface area contributed by atoms with Gasteiger partial charge in [-0.3, -0.25) is 14.7 Å². The van der Waals surface area contributed by atoms with Gasteiger partial charge in [0.25, 0.3) is 0 Å².